The maximum Gasteiger partial charge on any atom is 0.305 e. The first-order valence-electron chi connectivity index (χ1n) is 8.10. The van der Waals surface area contributed by atoms with Gasteiger partial charge in [0.1, 0.15) is 6.54 Å². The molecule has 0 atom stereocenters. The molecule has 1 amide bonds. The van der Waals surface area contributed by atoms with E-state index < -0.39 is 11.5 Å². The van der Waals surface area contributed by atoms with Crippen LogP contribution in [0.1, 0.15) is 32.1 Å². The van der Waals surface area contributed by atoms with Crippen molar-refractivity contribution in [1.29, 1.82) is 0 Å². The van der Waals surface area contributed by atoms with Gasteiger partial charge in [-0.15, -0.1) is 0 Å². The Morgan fingerprint density at radius 3 is 2.58 bits per heavy atom. The topological polar surface area (TPSA) is 88.4 Å². The Hall–Kier alpha value is -2.63. The molecule has 0 unspecified atom stereocenters. The highest BCUT2D eigenvalue weighted by molar-refractivity contribution is 5.83. The Labute approximate surface area is 139 Å². The smallest absolute Gasteiger partial charge is 0.305 e. The minimum Gasteiger partial charge on any atom is -0.481 e. The van der Waals surface area contributed by atoms with Crippen LogP contribution in [0.2, 0.25) is 0 Å². The maximum absolute atomic E-state index is 12.5. The number of hydrogen-bond acceptors (Lipinski definition) is 3. The lowest BCUT2D eigenvalue weighted by atomic mass is 9.93. The summed E-state index contributed by atoms with van der Waals surface area (Å²) in [6.07, 6.45) is 4.78. The molecule has 2 aromatic rings. The van der Waals surface area contributed by atoms with Gasteiger partial charge >= 0.3 is 5.97 Å². The van der Waals surface area contributed by atoms with Crippen LogP contribution in [-0.2, 0) is 16.1 Å². The van der Waals surface area contributed by atoms with Crippen molar-refractivity contribution in [3.05, 3.63) is 46.8 Å². The molecule has 6 heteroatoms. The third-order valence-corrected chi connectivity index (χ3v) is 4.65. The third kappa shape index (κ3) is 3.32. The van der Waals surface area contributed by atoms with Gasteiger partial charge in [-0.3, -0.25) is 14.4 Å². The van der Waals surface area contributed by atoms with Crippen molar-refractivity contribution in [3.63, 3.8) is 0 Å². The number of fused-ring (bicyclic) bond motifs is 1. The van der Waals surface area contributed by atoms with Crippen LogP contribution in [0.25, 0.3) is 10.9 Å². The molecule has 0 aliphatic heterocycles. The molecule has 24 heavy (non-hydrogen) atoms. The van der Waals surface area contributed by atoms with E-state index in [9.17, 15) is 14.4 Å². The number of carboxylic acid groups (broad SMARTS) is 1. The van der Waals surface area contributed by atoms with Crippen molar-refractivity contribution < 1.29 is 14.7 Å². The Morgan fingerprint density at radius 2 is 1.88 bits per heavy atom. The van der Waals surface area contributed by atoms with E-state index in [4.69, 9.17) is 5.11 Å². The monoisotopic (exact) mass is 328 g/mol. The average molecular weight is 328 g/mol. The number of hydrogen-bond donors (Lipinski definition) is 2. The number of carboxylic acids is 1. The van der Waals surface area contributed by atoms with Crippen molar-refractivity contribution in [2.75, 3.05) is 0 Å². The lowest BCUT2D eigenvalue weighted by Gasteiger charge is -2.29. The summed E-state index contributed by atoms with van der Waals surface area (Å²) in [5, 5.41) is 12.6. The summed E-state index contributed by atoms with van der Waals surface area (Å²) in [6.45, 7) is 0.0577. The van der Waals surface area contributed by atoms with E-state index in [0.717, 1.165) is 12.8 Å². The zero-order chi connectivity index (χ0) is 17.2. The normalized spacial score (nSPS) is 16.2. The number of amides is 1. The number of pyridine rings is 1. The Kier molecular flexibility index (Phi) is 4.38. The SMILES string of the molecule is O=C(O)CC1(NC(=O)Cn2ccc(=O)c3ccccc32)CCCC1. The van der Waals surface area contributed by atoms with E-state index in [0.29, 0.717) is 23.7 Å². The molecule has 2 N–H and O–H groups in total. The lowest BCUT2D eigenvalue weighted by molar-refractivity contribution is -0.139. The summed E-state index contributed by atoms with van der Waals surface area (Å²) in [7, 11) is 0. The van der Waals surface area contributed by atoms with E-state index in [1.807, 2.05) is 6.07 Å². The number of carbonyl (C=O) groups is 2. The maximum atomic E-state index is 12.5. The van der Waals surface area contributed by atoms with Crippen LogP contribution in [0.3, 0.4) is 0 Å². The van der Waals surface area contributed by atoms with E-state index >= 15 is 0 Å². The molecule has 3 rings (SSSR count). The first-order chi connectivity index (χ1) is 11.5. The fraction of sp³-hybridized carbons (Fsp3) is 0.389. The van der Waals surface area contributed by atoms with Crippen molar-refractivity contribution in [2.24, 2.45) is 0 Å². The van der Waals surface area contributed by atoms with Crippen LogP contribution in [-0.4, -0.2) is 27.1 Å². The summed E-state index contributed by atoms with van der Waals surface area (Å²) in [6, 6.07) is 8.58. The second-order valence-electron chi connectivity index (χ2n) is 6.43. The number of aliphatic carboxylic acids is 1. The molecule has 1 aliphatic carbocycles. The zero-order valence-electron chi connectivity index (χ0n) is 13.3. The van der Waals surface area contributed by atoms with Gasteiger partial charge in [0.2, 0.25) is 5.91 Å². The summed E-state index contributed by atoms with van der Waals surface area (Å²) in [4.78, 5) is 35.5. The highest BCUT2D eigenvalue weighted by Gasteiger charge is 2.37. The first kappa shape index (κ1) is 16.2. The highest BCUT2D eigenvalue weighted by Crippen LogP contribution is 2.32. The predicted molar refractivity (Wildman–Crippen MR) is 89.8 cm³/mol. The number of nitrogens with zero attached hydrogens (tertiary/aromatic N) is 1. The van der Waals surface area contributed by atoms with Gasteiger partial charge in [0.15, 0.2) is 5.43 Å². The fourth-order valence-electron chi connectivity index (χ4n) is 3.58. The standard InChI is InChI=1S/C18H20N2O4/c21-15-7-10-20(14-6-2-1-5-13(14)15)12-16(22)19-18(11-17(23)24)8-3-4-9-18/h1-2,5-7,10H,3-4,8-9,11-12H2,(H,19,22)(H,23,24). The summed E-state index contributed by atoms with van der Waals surface area (Å²) < 4.78 is 1.72. The Bertz CT molecular complexity index is 834. The molecule has 6 nitrogen and oxygen atoms in total. The first-order valence-corrected chi connectivity index (χ1v) is 8.10. The quantitative estimate of drug-likeness (QED) is 0.877. The van der Waals surface area contributed by atoms with Crippen molar-refractivity contribution in [3.8, 4) is 0 Å². The largest absolute Gasteiger partial charge is 0.481 e. The van der Waals surface area contributed by atoms with Crippen LogP contribution in [0.4, 0.5) is 0 Å². The van der Waals surface area contributed by atoms with Crippen LogP contribution < -0.4 is 10.7 Å². The number of rotatable bonds is 5. The molecule has 0 spiro atoms. The van der Waals surface area contributed by atoms with Crippen molar-refractivity contribution in [2.45, 2.75) is 44.2 Å². The second-order valence-corrected chi connectivity index (χ2v) is 6.43. The van der Waals surface area contributed by atoms with Gasteiger partial charge in [0, 0.05) is 17.6 Å². The zero-order valence-corrected chi connectivity index (χ0v) is 13.3. The molecular formula is C18H20N2O4. The van der Waals surface area contributed by atoms with Crippen LogP contribution in [0.5, 0.6) is 0 Å². The highest BCUT2D eigenvalue weighted by atomic mass is 16.4. The van der Waals surface area contributed by atoms with E-state index in [-0.39, 0.29) is 24.3 Å². The summed E-state index contributed by atoms with van der Waals surface area (Å²) in [5.74, 6) is -1.13. The summed E-state index contributed by atoms with van der Waals surface area (Å²) >= 11 is 0. The molecule has 1 aromatic heterocycles. The number of para-hydroxylation sites is 1. The molecule has 1 fully saturated rings. The van der Waals surface area contributed by atoms with Crippen LogP contribution >= 0.6 is 0 Å². The van der Waals surface area contributed by atoms with Crippen LogP contribution in [0.15, 0.2) is 41.3 Å². The van der Waals surface area contributed by atoms with Gasteiger partial charge in [-0.05, 0) is 25.0 Å². The number of aromatic nitrogens is 1. The van der Waals surface area contributed by atoms with E-state index in [1.54, 1.807) is 29.0 Å². The lowest BCUT2D eigenvalue weighted by Crippen LogP contribution is -2.48. The van der Waals surface area contributed by atoms with Crippen molar-refractivity contribution in [1.82, 2.24) is 9.88 Å². The number of carbonyl (C=O) groups excluding carboxylic acids is 1. The number of nitrogens with one attached hydrogen (secondary N) is 1. The molecule has 0 radical (unpaired) electrons. The molecule has 126 valence electrons. The Morgan fingerprint density at radius 1 is 1.17 bits per heavy atom. The average Bonchev–Trinajstić information content (AvgIpc) is 2.97. The van der Waals surface area contributed by atoms with Gasteiger partial charge in [-0.1, -0.05) is 25.0 Å². The minimum absolute atomic E-state index is 0.0519. The minimum atomic E-state index is -0.897. The van der Waals surface area contributed by atoms with Gasteiger partial charge in [-0.2, -0.15) is 0 Å². The van der Waals surface area contributed by atoms with E-state index in [2.05, 4.69) is 5.32 Å². The molecule has 1 saturated carbocycles. The van der Waals surface area contributed by atoms with Gasteiger partial charge in [0.05, 0.1) is 17.5 Å². The predicted octanol–water partition coefficient (Wildman–Crippen LogP) is 1.91. The second kappa shape index (κ2) is 6.47. The Balaban J connectivity index is 1.81. The fourth-order valence-corrected chi connectivity index (χ4v) is 3.58. The molecule has 1 aromatic carbocycles. The summed E-state index contributed by atoms with van der Waals surface area (Å²) in [5.41, 5.74) is -0.0307. The molecule has 0 saturated heterocycles. The van der Waals surface area contributed by atoms with Crippen molar-refractivity contribution >= 4 is 22.8 Å². The van der Waals surface area contributed by atoms with Crippen LogP contribution in [0, 0.1) is 0 Å². The third-order valence-electron chi connectivity index (χ3n) is 4.65. The van der Waals surface area contributed by atoms with Gasteiger partial charge < -0.3 is 15.0 Å². The number of benzene rings is 1. The molecule has 0 bridgehead atoms. The van der Waals surface area contributed by atoms with Gasteiger partial charge in [-0.25, -0.2) is 0 Å². The molecule has 1 heterocycles. The molecular weight excluding hydrogens is 308 g/mol. The van der Waals surface area contributed by atoms with Gasteiger partial charge in [0.25, 0.3) is 0 Å². The van der Waals surface area contributed by atoms with E-state index in [1.165, 1.54) is 6.07 Å². The molecule has 1 aliphatic rings.